The highest BCUT2D eigenvalue weighted by Gasteiger charge is 2.44. The van der Waals surface area contributed by atoms with Gasteiger partial charge >= 0.3 is 12.1 Å². The largest absolute Gasteiger partial charge is 0.302 e. The third-order valence-corrected chi connectivity index (χ3v) is 3.19. The van der Waals surface area contributed by atoms with E-state index >= 15 is 0 Å². The van der Waals surface area contributed by atoms with Crippen molar-refractivity contribution in [3.8, 4) is 0 Å². The molecule has 2 rings (SSSR count). The lowest BCUT2D eigenvalue weighted by Crippen LogP contribution is -2.30. The van der Waals surface area contributed by atoms with Gasteiger partial charge in [0.2, 0.25) is 0 Å². The van der Waals surface area contributed by atoms with E-state index in [0.29, 0.717) is 0 Å². The van der Waals surface area contributed by atoms with E-state index in [1.165, 1.54) is 24.3 Å². The second-order valence-electron chi connectivity index (χ2n) is 4.60. The van der Waals surface area contributed by atoms with Crippen LogP contribution in [0.4, 0.5) is 0 Å². The maximum atomic E-state index is 12.4. The van der Waals surface area contributed by atoms with Crippen LogP contribution in [-0.2, 0) is 4.79 Å². The topological polar surface area (TPSA) is 103 Å². The molecule has 0 aromatic heterocycles. The Morgan fingerprint density at radius 1 is 0.727 bits per heavy atom. The molecule has 2 aromatic rings. The molecule has 0 aliphatic heterocycles. The number of ketones is 1. The smallest absolute Gasteiger partial charge is 0.283 e. The van der Waals surface area contributed by atoms with E-state index in [1.807, 2.05) is 0 Å². The number of benzene rings is 2. The van der Waals surface area contributed by atoms with Gasteiger partial charge in [0.1, 0.15) is 0 Å². The zero-order chi connectivity index (χ0) is 16.1. The summed E-state index contributed by atoms with van der Waals surface area (Å²) in [5.41, 5.74) is 0.251. The van der Waals surface area contributed by atoms with E-state index in [4.69, 9.17) is 0 Å². The molecule has 0 spiro atoms. The first kappa shape index (κ1) is 15.3. The van der Waals surface area contributed by atoms with Crippen molar-refractivity contribution in [2.24, 2.45) is 0 Å². The molecule has 0 saturated heterocycles. The van der Waals surface area contributed by atoms with E-state index in [1.54, 1.807) is 36.4 Å². The Morgan fingerprint density at radius 3 is 1.32 bits per heavy atom. The van der Waals surface area contributed by atoms with Crippen LogP contribution < -0.4 is 0 Å². The Balaban J connectivity index is 2.45. The van der Waals surface area contributed by atoms with E-state index in [0.717, 1.165) is 0 Å². The summed E-state index contributed by atoms with van der Waals surface area (Å²) in [7, 11) is 0. The van der Waals surface area contributed by atoms with Gasteiger partial charge < -0.3 is 0 Å². The van der Waals surface area contributed by atoms with E-state index < -0.39 is 27.7 Å². The third-order valence-electron chi connectivity index (χ3n) is 3.19. The molecule has 22 heavy (non-hydrogen) atoms. The molecule has 0 aliphatic carbocycles. The van der Waals surface area contributed by atoms with Gasteiger partial charge in [-0.1, -0.05) is 60.7 Å². The summed E-state index contributed by atoms with van der Waals surface area (Å²) in [4.78, 5) is 33.4. The fraction of sp³-hybridized carbons (Fsp3) is 0.133. The summed E-state index contributed by atoms with van der Waals surface area (Å²) in [6.45, 7) is 0. The van der Waals surface area contributed by atoms with Crippen molar-refractivity contribution < 1.29 is 14.6 Å². The molecule has 7 heteroatoms. The van der Waals surface area contributed by atoms with Crippen LogP contribution in [-0.4, -0.2) is 15.6 Å². The van der Waals surface area contributed by atoms with E-state index in [-0.39, 0.29) is 11.1 Å². The van der Waals surface area contributed by atoms with Gasteiger partial charge in [0, 0.05) is 21.0 Å². The Kier molecular flexibility index (Phi) is 4.57. The van der Waals surface area contributed by atoms with Gasteiger partial charge in [0.25, 0.3) is 5.78 Å². The predicted molar refractivity (Wildman–Crippen MR) is 77.4 cm³/mol. The van der Waals surface area contributed by atoms with Crippen LogP contribution >= 0.6 is 0 Å². The molecule has 0 saturated carbocycles. The maximum Gasteiger partial charge on any atom is 0.302 e. The van der Waals surface area contributed by atoms with Gasteiger partial charge in [-0.05, 0) is 0 Å². The number of Topliss-reactive ketones (excluding diaryl/α,β-unsaturated/α-hetero) is 1. The fourth-order valence-corrected chi connectivity index (χ4v) is 2.20. The molecule has 0 amide bonds. The molecule has 0 N–H and O–H groups in total. The summed E-state index contributed by atoms with van der Waals surface area (Å²) < 4.78 is 0. The number of rotatable bonds is 6. The Morgan fingerprint density at radius 2 is 1.05 bits per heavy atom. The number of nitrogens with zero attached hydrogens (tertiary/aromatic N) is 2. The molecule has 0 aliphatic rings. The average molecular weight is 300 g/mol. The van der Waals surface area contributed by atoms with Crippen molar-refractivity contribution >= 4 is 5.78 Å². The van der Waals surface area contributed by atoms with E-state index in [2.05, 4.69) is 0 Å². The van der Waals surface area contributed by atoms with Gasteiger partial charge in [-0.3, -0.25) is 25.0 Å². The molecule has 0 radical (unpaired) electrons. The second kappa shape index (κ2) is 6.57. The fourth-order valence-electron chi connectivity index (χ4n) is 2.20. The van der Waals surface area contributed by atoms with Gasteiger partial charge in [0.15, 0.2) is 0 Å². The first-order valence-electron chi connectivity index (χ1n) is 6.43. The van der Waals surface area contributed by atoms with Crippen molar-refractivity contribution in [2.45, 2.75) is 12.1 Å². The average Bonchev–Trinajstić information content (AvgIpc) is 2.49. The van der Waals surface area contributed by atoms with Crippen molar-refractivity contribution in [2.75, 3.05) is 0 Å². The Bertz CT molecular complexity index is 628. The quantitative estimate of drug-likeness (QED) is 0.602. The lowest BCUT2D eigenvalue weighted by Gasteiger charge is -2.12. The SMILES string of the molecule is O=C(C(c1ccccc1)[N+](=O)[O-])C(c1ccccc1)[N+](=O)[O-]. The highest BCUT2D eigenvalue weighted by Crippen LogP contribution is 2.27. The minimum Gasteiger partial charge on any atom is -0.283 e. The van der Waals surface area contributed by atoms with Crippen LogP contribution in [0.5, 0.6) is 0 Å². The van der Waals surface area contributed by atoms with Crippen molar-refractivity contribution in [1.82, 2.24) is 0 Å². The van der Waals surface area contributed by atoms with Crippen molar-refractivity contribution in [3.05, 3.63) is 92.0 Å². The first-order valence-corrected chi connectivity index (χ1v) is 6.43. The second-order valence-corrected chi connectivity index (χ2v) is 4.60. The zero-order valence-electron chi connectivity index (χ0n) is 11.4. The molecular weight excluding hydrogens is 288 g/mol. The summed E-state index contributed by atoms with van der Waals surface area (Å²) in [5, 5.41) is 22.5. The van der Waals surface area contributed by atoms with Crippen LogP contribution in [0.2, 0.25) is 0 Å². The van der Waals surface area contributed by atoms with Gasteiger partial charge in [-0.25, -0.2) is 0 Å². The van der Waals surface area contributed by atoms with Gasteiger partial charge in [-0.15, -0.1) is 0 Å². The summed E-state index contributed by atoms with van der Waals surface area (Å²) in [6.07, 6.45) is 0. The molecule has 7 nitrogen and oxygen atoms in total. The minimum absolute atomic E-state index is 0.125. The first-order chi connectivity index (χ1) is 10.5. The normalized spacial score (nSPS) is 13.1. The monoisotopic (exact) mass is 300 g/mol. The molecule has 0 heterocycles. The van der Waals surface area contributed by atoms with Crippen LogP contribution in [0.15, 0.2) is 60.7 Å². The van der Waals surface area contributed by atoms with Crippen molar-refractivity contribution in [1.29, 1.82) is 0 Å². The molecule has 112 valence electrons. The van der Waals surface area contributed by atoms with Crippen LogP contribution in [0.1, 0.15) is 23.2 Å². The maximum absolute atomic E-state index is 12.4. The highest BCUT2D eigenvalue weighted by atomic mass is 16.6. The number of carbonyl (C=O) groups is 1. The molecule has 0 bridgehead atoms. The molecule has 0 fully saturated rings. The highest BCUT2D eigenvalue weighted by molar-refractivity contribution is 5.89. The summed E-state index contributed by atoms with van der Waals surface area (Å²) in [5.74, 6) is -1.06. The Labute approximate surface area is 125 Å². The number of carbonyl (C=O) groups excluding carboxylic acids is 1. The lowest BCUT2D eigenvalue weighted by molar-refractivity contribution is -0.537. The number of hydrogen-bond donors (Lipinski definition) is 0. The van der Waals surface area contributed by atoms with Gasteiger partial charge in [-0.2, -0.15) is 0 Å². The third kappa shape index (κ3) is 3.14. The molecular formula is C15H12N2O5. The zero-order valence-corrected chi connectivity index (χ0v) is 11.4. The molecule has 2 atom stereocenters. The van der Waals surface area contributed by atoms with E-state index in [9.17, 15) is 25.0 Å². The van der Waals surface area contributed by atoms with Crippen LogP contribution in [0, 0.1) is 20.2 Å². The van der Waals surface area contributed by atoms with Crippen LogP contribution in [0.3, 0.4) is 0 Å². The summed E-state index contributed by atoms with van der Waals surface area (Å²) >= 11 is 0. The van der Waals surface area contributed by atoms with Crippen molar-refractivity contribution in [3.63, 3.8) is 0 Å². The summed E-state index contributed by atoms with van der Waals surface area (Å²) in [6, 6.07) is 11.6. The number of hydrogen-bond acceptors (Lipinski definition) is 5. The van der Waals surface area contributed by atoms with Gasteiger partial charge in [0.05, 0.1) is 0 Å². The number of nitro groups is 2. The van der Waals surface area contributed by atoms with Crippen LogP contribution in [0.25, 0.3) is 0 Å². The molecule has 2 aromatic carbocycles. The predicted octanol–water partition coefficient (Wildman–Crippen LogP) is 2.59. The standard InChI is InChI=1S/C15H12N2O5/c18-15(13(16(19)20)11-7-3-1-4-8-11)14(17(21)22)12-9-5-2-6-10-12/h1-10,13-14H. The molecule has 2 unspecified atom stereocenters. The lowest BCUT2D eigenvalue weighted by atomic mass is 9.94. The Hall–Kier alpha value is -3.09. The minimum atomic E-state index is -1.77.